The minimum atomic E-state index is -3.48. The second kappa shape index (κ2) is 7.13. The van der Waals surface area contributed by atoms with Crippen LogP contribution in [0.25, 0.3) is 0 Å². The third-order valence-electron chi connectivity index (χ3n) is 5.44. The van der Waals surface area contributed by atoms with Gasteiger partial charge in [-0.15, -0.1) is 0 Å². The number of benzene rings is 1. The van der Waals surface area contributed by atoms with E-state index in [1.165, 1.54) is 25.9 Å². The topological polar surface area (TPSA) is 59.1 Å². The predicted molar refractivity (Wildman–Crippen MR) is 94.6 cm³/mol. The van der Waals surface area contributed by atoms with Crippen LogP contribution in [0.3, 0.4) is 0 Å². The number of hydrogen-bond acceptors (Lipinski definition) is 5. The molecule has 0 amide bonds. The monoisotopic (exact) mass is 366 g/mol. The average Bonchev–Trinajstić information content (AvgIpc) is 3.07. The molecule has 0 saturated carbocycles. The van der Waals surface area contributed by atoms with Crippen molar-refractivity contribution in [1.82, 2.24) is 9.21 Å². The summed E-state index contributed by atoms with van der Waals surface area (Å²) >= 11 is 0. The molecule has 0 radical (unpaired) electrons. The number of nitrogens with zero attached hydrogens (tertiary/aromatic N) is 2. The summed E-state index contributed by atoms with van der Waals surface area (Å²) in [7, 11) is -3.48. The van der Waals surface area contributed by atoms with Crippen LogP contribution in [-0.4, -0.2) is 63.1 Å². The Bertz CT molecular complexity index is 708. The second-order valence-electron chi connectivity index (χ2n) is 7.04. The summed E-state index contributed by atoms with van der Waals surface area (Å²) in [6, 6.07) is 5.50. The van der Waals surface area contributed by atoms with Crippen LogP contribution in [0.5, 0.6) is 11.5 Å². The van der Waals surface area contributed by atoms with Crippen molar-refractivity contribution in [2.75, 3.05) is 39.4 Å². The highest BCUT2D eigenvalue weighted by atomic mass is 32.2. The molecule has 3 aliphatic heterocycles. The zero-order valence-electron chi connectivity index (χ0n) is 14.5. The Morgan fingerprint density at radius 1 is 0.880 bits per heavy atom. The predicted octanol–water partition coefficient (Wildman–Crippen LogP) is 2.10. The summed E-state index contributed by atoms with van der Waals surface area (Å²) in [4.78, 5) is 2.83. The number of fused-ring (bicyclic) bond motifs is 1. The standard InChI is InChI=1S/C18H26N2O4S/c21-25(22,16-4-5-17-18(14-16)24-13-3-12-23-17)20-10-6-15(7-11-20)19-8-1-2-9-19/h4-5,14-15H,1-3,6-13H2. The molecule has 1 aromatic carbocycles. The summed E-state index contributed by atoms with van der Waals surface area (Å²) in [5.74, 6) is 1.16. The van der Waals surface area contributed by atoms with Crippen molar-refractivity contribution >= 4 is 10.0 Å². The lowest BCUT2D eigenvalue weighted by atomic mass is 10.1. The smallest absolute Gasteiger partial charge is 0.243 e. The highest BCUT2D eigenvalue weighted by molar-refractivity contribution is 7.89. The molecule has 3 heterocycles. The molecule has 0 spiro atoms. The van der Waals surface area contributed by atoms with E-state index in [-0.39, 0.29) is 0 Å². The van der Waals surface area contributed by atoms with Crippen LogP contribution in [0.1, 0.15) is 32.1 Å². The molecule has 2 fully saturated rings. The fraction of sp³-hybridized carbons (Fsp3) is 0.667. The molecule has 138 valence electrons. The normalized spacial score (nSPS) is 23.5. The van der Waals surface area contributed by atoms with Crippen molar-refractivity contribution in [2.24, 2.45) is 0 Å². The second-order valence-corrected chi connectivity index (χ2v) is 8.98. The zero-order chi connectivity index (χ0) is 17.3. The maximum absolute atomic E-state index is 13.0. The lowest BCUT2D eigenvalue weighted by Crippen LogP contribution is -2.45. The summed E-state index contributed by atoms with van der Waals surface area (Å²) in [5.41, 5.74) is 0. The van der Waals surface area contributed by atoms with Gasteiger partial charge >= 0.3 is 0 Å². The number of likely N-dealkylation sites (tertiary alicyclic amines) is 1. The molecule has 0 bridgehead atoms. The maximum Gasteiger partial charge on any atom is 0.243 e. The lowest BCUT2D eigenvalue weighted by Gasteiger charge is -2.36. The van der Waals surface area contributed by atoms with Gasteiger partial charge in [-0.2, -0.15) is 4.31 Å². The zero-order valence-corrected chi connectivity index (χ0v) is 15.3. The molecular weight excluding hydrogens is 340 g/mol. The van der Waals surface area contributed by atoms with E-state index in [1.807, 2.05) is 0 Å². The van der Waals surface area contributed by atoms with Crippen LogP contribution in [0.15, 0.2) is 23.1 Å². The van der Waals surface area contributed by atoms with Gasteiger partial charge in [-0.3, -0.25) is 0 Å². The highest BCUT2D eigenvalue weighted by Crippen LogP contribution is 2.33. The van der Waals surface area contributed by atoms with E-state index in [4.69, 9.17) is 9.47 Å². The Kier molecular flexibility index (Phi) is 4.88. The lowest BCUT2D eigenvalue weighted by molar-refractivity contribution is 0.168. The van der Waals surface area contributed by atoms with Crippen LogP contribution in [-0.2, 0) is 10.0 Å². The van der Waals surface area contributed by atoms with Gasteiger partial charge in [0.25, 0.3) is 0 Å². The molecule has 7 heteroatoms. The first-order valence-electron chi connectivity index (χ1n) is 9.28. The van der Waals surface area contributed by atoms with Crippen LogP contribution in [0, 0.1) is 0 Å². The van der Waals surface area contributed by atoms with Crippen molar-refractivity contribution in [3.05, 3.63) is 18.2 Å². The molecule has 0 unspecified atom stereocenters. The molecule has 6 nitrogen and oxygen atoms in total. The third kappa shape index (κ3) is 3.50. The van der Waals surface area contributed by atoms with Gasteiger partial charge < -0.3 is 14.4 Å². The van der Waals surface area contributed by atoms with Crippen molar-refractivity contribution < 1.29 is 17.9 Å². The number of piperidine rings is 1. The van der Waals surface area contributed by atoms with Gasteiger partial charge in [-0.25, -0.2) is 8.42 Å². The number of ether oxygens (including phenoxy) is 2. The van der Waals surface area contributed by atoms with Gasteiger partial charge in [-0.05, 0) is 50.9 Å². The van der Waals surface area contributed by atoms with E-state index in [0.717, 1.165) is 19.3 Å². The molecule has 25 heavy (non-hydrogen) atoms. The van der Waals surface area contributed by atoms with Gasteiger partial charge in [-0.1, -0.05) is 0 Å². The van der Waals surface area contributed by atoms with Gasteiger partial charge in [0.15, 0.2) is 11.5 Å². The summed E-state index contributed by atoms with van der Waals surface area (Å²) in [6.45, 7) is 4.68. The quantitative estimate of drug-likeness (QED) is 0.820. The Morgan fingerprint density at radius 3 is 2.28 bits per heavy atom. The van der Waals surface area contributed by atoms with Gasteiger partial charge in [0.1, 0.15) is 0 Å². The Balaban J connectivity index is 1.47. The molecule has 1 aromatic rings. The van der Waals surface area contributed by atoms with Gasteiger partial charge in [0.05, 0.1) is 18.1 Å². The molecular formula is C18H26N2O4S. The van der Waals surface area contributed by atoms with Gasteiger partial charge in [0.2, 0.25) is 10.0 Å². The SMILES string of the molecule is O=S(=O)(c1ccc2c(c1)OCCCO2)N1CCC(N2CCCC2)CC1. The Morgan fingerprint density at radius 2 is 1.56 bits per heavy atom. The van der Waals surface area contributed by atoms with E-state index >= 15 is 0 Å². The van der Waals surface area contributed by atoms with Gasteiger partial charge in [0, 0.05) is 31.6 Å². The molecule has 0 aromatic heterocycles. The van der Waals surface area contributed by atoms with Crippen molar-refractivity contribution in [3.8, 4) is 11.5 Å². The molecule has 4 rings (SSSR count). The summed E-state index contributed by atoms with van der Waals surface area (Å²) in [5, 5.41) is 0. The van der Waals surface area contributed by atoms with Crippen LogP contribution >= 0.6 is 0 Å². The molecule has 0 atom stereocenters. The molecule has 3 aliphatic rings. The minimum absolute atomic E-state index is 0.302. The van der Waals surface area contributed by atoms with Crippen molar-refractivity contribution in [1.29, 1.82) is 0 Å². The third-order valence-corrected chi connectivity index (χ3v) is 7.33. The van der Waals surface area contributed by atoms with E-state index in [2.05, 4.69) is 4.90 Å². The highest BCUT2D eigenvalue weighted by Gasteiger charge is 2.33. The van der Waals surface area contributed by atoms with Crippen molar-refractivity contribution in [2.45, 2.75) is 43.0 Å². The van der Waals surface area contributed by atoms with Crippen LogP contribution < -0.4 is 9.47 Å². The van der Waals surface area contributed by atoms with E-state index in [9.17, 15) is 8.42 Å². The largest absolute Gasteiger partial charge is 0.490 e. The summed E-state index contributed by atoms with van der Waals surface area (Å²) in [6.07, 6.45) is 5.19. The fourth-order valence-electron chi connectivity index (χ4n) is 4.01. The number of rotatable bonds is 3. The minimum Gasteiger partial charge on any atom is -0.490 e. The van der Waals surface area contributed by atoms with Crippen molar-refractivity contribution in [3.63, 3.8) is 0 Å². The first-order valence-corrected chi connectivity index (χ1v) is 10.7. The first-order chi connectivity index (χ1) is 12.1. The van der Waals surface area contributed by atoms with E-state index in [1.54, 1.807) is 22.5 Å². The Hall–Kier alpha value is -1.31. The first kappa shape index (κ1) is 17.1. The maximum atomic E-state index is 13.0. The Labute approximate surface area is 149 Å². The van der Waals surface area contributed by atoms with Crippen LogP contribution in [0.4, 0.5) is 0 Å². The van der Waals surface area contributed by atoms with Crippen LogP contribution in [0.2, 0.25) is 0 Å². The average molecular weight is 366 g/mol. The number of hydrogen-bond donors (Lipinski definition) is 0. The van der Waals surface area contributed by atoms with E-state index in [0.29, 0.717) is 48.7 Å². The fourth-order valence-corrected chi connectivity index (χ4v) is 5.49. The molecule has 2 saturated heterocycles. The molecule has 0 N–H and O–H groups in total. The number of sulfonamides is 1. The summed E-state index contributed by atoms with van der Waals surface area (Å²) < 4.78 is 38.9. The molecule has 0 aliphatic carbocycles. The van der Waals surface area contributed by atoms with E-state index < -0.39 is 10.0 Å².